The van der Waals surface area contributed by atoms with Gasteiger partial charge in [0, 0.05) is 50.9 Å². The minimum Gasteiger partial charge on any atom is -0.497 e. The normalized spacial score (nSPS) is 18.0. The number of aromatic nitrogens is 5. The summed E-state index contributed by atoms with van der Waals surface area (Å²) in [6.45, 7) is 2.72. The monoisotopic (exact) mass is 498 g/mol. The zero-order chi connectivity index (χ0) is 25.4. The topological polar surface area (TPSA) is 110 Å². The van der Waals surface area contributed by atoms with Crippen LogP contribution >= 0.6 is 0 Å². The number of piperazine rings is 1. The van der Waals surface area contributed by atoms with Crippen LogP contribution in [-0.4, -0.2) is 81.5 Å². The van der Waals surface area contributed by atoms with Crippen molar-refractivity contribution < 1.29 is 14.3 Å². The zero-order valence-electron chi connectivity index (χ0n) is 20.4. The number of nitrogens with zero attached hydrogens (tertiary/aromatic N) is 8. The minimum absolute atomic E-state index is 0.00862. The maximum Gasteiger partial charge on any atom is 0.228 e. The number of anilines is 2. The van der Waals surface area contributed by atoms with E-state index < -0.39 is 0 Å². The fourth-order valence-electron chi connectivity index (χ4n) is 5.01. The van der Waals surface area contributed by atoms with Gasteiger partial charge in [-0.2, -0.15) is 4.68 Å². The highest BCUT2D eigenvalue weighted by atomic mass is 16.5. The summed E-state index contributed by atoms with van der Waals surface area (Å²) in [5.41, 5.74) is 2.83. The smallest absolute Gasteiger partial charge is 0.228 e. The summed E-state index contributed by atoms with van der Waals surface area (Å²) in [6, 6.07) is 17.0. The second kappa shape index (κ2) is 9.49. The van der Waals surface area contributed by atoms with E-state index in [0.717, 1.165) is 11.4 Å². The highest BCUT2D eigenvalue weighted by molar-refractivity contribution is 6.00. The first kappa shape index (κ1) is 22.9. The number of para-hydroxylation sites is 1. The van der Waals surface area contributed by atoms with Gasteiger partial charge in [-0.1, -0.05) is 29.5 Å². The molecule has 2 fully saturated rings. The molecule has 11 heteroatoms. The van der Waals surface area contributed by atoms with Crippen LogP contribution in [0.15, 0.2) is 60.9 Å². The van der Waals surface area contributed by atoms with Gasteiger partial charge in [0.25, 0.3) is 0 Å². The lowest BCUT2D eigenvalue weighted by Crippen LogP contribution is -2.51. The second-order valence-electron chi connectivity index (χ2n) is 9.13. The van der Waals surface area contributed by atoms with Gasteiger partial charge >= 0.3 is 0 Å². The van der Waals surface area contributed by atoms with Crippen molar-refractivity contribution in [1.29, 1.82) is 0 Å². The third-order valence-electron chi connectivity index (χ3n) is 6.95. The van der Waals surface area contributed by atoms with Crippen LogP contribution < -0.4 is 14.5 Å². The lowest BCUT2D eigenvalue weighted by molar-refractivity contribution is -0.136. The first-order chi connectivity index (χ1) is 18.1. The van der Waals surface area contributed by atoms with Crippen molar-refractivity contribution >= 4 is 34.5 Å². The molecule has 0 spiro atoms. The predicted octanol–water partition coefficient (Wildman–Crippen LogP) is 1.92. The molecule has 2 aromatic heterocycles. The fraction of sp³-hybridized carbons (Fsp3) is 0.308. The van der Waals surface area contributed by atoms with Crippen LogP contribution in [0.4, 0.5) is 11.5 Å². The fourth-order valence-corrected chi connectivity index (χ4v) is 5.01. The Morgan fingerprint density at radius 2 is 1.76 bits per heavy atom. The number of hydrogen-bond donors (Lipinski definition) is 0. The van der Waals surface area contributed by atoms with Crippen LogP contribution in [0, 0.1) is 5.92 Å². The van der Waals surface area contributed by atoms with Crippen molar-refractivity contribution in [3.05, 3.63) is 60.9 Å². The number of fused-ring (bicyclic) bond motifs is 1. The van der Waals surface area contributed by atoms with Crippen LogP contribution in [0.2, 0.25) is 0 Å². The summed E-state index contributed by atoms with van der Waals surface area (Å²) in [7, 11) is 1.62. The third kappa shape index (κ3) is 4.22. The molecule has 1 unspecified atom stereocenters. The molecule has 2 saturated heterocycles. The highest BCUT2D eigenvalue weighted by Crippen LogP contribution is 2.28. The number of amides is 2. The number of carbonyl (C=O) groups excluding carboxylic acids is 2. The average Bonchev–Trinajstić information content (AvgIpc) is 3.57. The van der Waals surface area contributed by atoms with Crippen molar-refractivity contribution in [3.63, 3.8) is 0 Å². The van der Waals surface area contributed by atoms with Gasteiger partial charge in [-0.3, -0.25) is 9.59 Å². The van der Waals surface area contributed by atoms with Crippen LogP contribution in [0.3, 0.4) is 0 Å². The molecular weight excluding hydrogens is 472 g/mol. The Morgan fingerprint density at radius 1 is 0.973 bits per heavy atom. The molecule has 0 aliphatic carbocycles. The van der Waals surface area contributed by atoms with Crippen LogP contribution in [0.1, 0.15) is 6.42 Å². The van der Waals surface area contributed by atoms with E-state index in [2.05, 4.69) is 25.2 Å². The van der Waals surface area contributed by atoms with Gasteiger partial charge in [-0.25, -0.2) is 9.97 Å². The van der Waals surface area contributed by atoms with Gasteiger partial charge in [-0.05, 0) is 24.3 Å². The maximum absolute atomic E-state index is 13.3. The van der Waals surface area contributed by atoms with E-state index >= 15 is 0 Å². The Labute approximate surface area is 213 Å². The lowest BCUT2D eigenvalue weighted by atomic mass is 10.1. The van der Waals surface area contributed by atoms with Gasteiger partial charge in [0.05, 0.1) is 18.7 Å². The molecule has 37 heavy (non-hydrogen) atoms. The minimum atomic E-state index is -0.326. The highest BCUT2D eigenvalue weighted by Gasteiger charge is 2.38. The van der Waals surface area contributed by atoms with E-state index in [1.54, 1.807) is 16.7 Å². The zero-order valence-corrected chi connectivity index (χ0v) is 20.4. The van der Waals surface area contributed by atoms with E-state index in [1.807, 2.05) is 59.5 Å². The van der Waals surface area contributed by atoms with E-state index in [-0.39, 0.29) is 24.2 Å². The largest absolute Gasteiger partial charge is 0.497 e. The van der Waals surface area contributed by atoms with Crippen LogP contribution in [0.5, 0.6) is 5.75 Å². The number of hydrogen-bond acceptors (Lipinski definition) is 8. The van der Waals surface area contributed by atoms with E-state index in [4.69, 9.17) is 4.74 Å². The molecule has 188 valence electrons. The molecule has 0 bridgehead atoms. The average molecular weight is 499 g/mol. The summed E-state index contributed by atoms with van der Waals surface area (Å²) in [4.78, 5) is 40.4. The molecule has 1 atom stereocenters. The van der Waals surface area contributed by atoms with Crippen LogP contribution in [-0.2, 0) is 9.59 Å². The first-order valence-corrected chi connectivity index (χ1v) is 12.2. The van der Waals surface area contributed by atoms with E-state index in [1.165, 1.54) is 6.33 Å². The molecule has 4 aromatic rings. The predicted molar refractivity (Wildman–Crippen MR) is 137 cm³/mol. The van der Waals surface area contributed by atoms with Gasteiger partial charge in [0.15, 0.2) is 17.0 Å². The molecule has 2 aliphatic heterocycles. The lowest BCUT2D eigenvalue weighted by Gasteiger charge is -2.36. The van der Waals surface area contributed by atoms with Crippen LogP contribution in [0.25, 0.3) is 16.9 Å². The molecule has 4 heterocycles. The van der Waals surface area contributed by atoms with Crippen molar-refractivity contribution in [2.45, 2.75) is 6.42 Å². The molecule has 0 N–H and O–H groups in total. The first-order valence-electron chi connectivity index (χ1n) is 12.2. The Hall–Kier alpha value is -4.54. The SMILES string of the molecule is COc1cccc(-n2nnc3c(N4CCN(C(=O)C5CC(=O)N(c6ccccc6)C5)CC4)ncnc32)c1. The van der Waals surface area contributed by atoms with E-state index in [9.17, 15) is 9.59 Å². The number of benzene rings is 2. The quantitative estimate of drug-likeness (QED) is 0.411. The molecule has 11 nitrogen and oxygen atoms in total. The second-order valence-corrected chi connectivity index (χ2v) is 9.13. The Morgan fingerprint density at radius 3 is 2.54 bits per heavy atom. The maximum atomic E-state index is 13.3. The van der Waals surface area contributed by atoms with Gasteiger partial charge in [-0.15, -0.1) is 5.10 Å². The number of rotatable bonds is 5. The van der Waals surface area contributed by atoms with Gasteiger partial charge < -0.3 is 19.4 Å². The number of ether oxygens (including phenoxy) is 1. The molecule has 6 rings (SSSR count). The van der Waals surface area contributed by atoms with Crippen molar-refractivity contribution in [1.82, 2.24) is 29.9 Å². The molecule has 2 amide bonds. The van der Waals surface area contributed by atoms with Gasteiger partial charge in [0.1, 0.15) is 12.1 Å². The summed E-state index contributed by atoms with van der Waals surface area (Å²) in [6.07, 6.45) is 1.76. The molecule has 0 saturated carbocycles. The van der Waals surface area contributed by atoms with Gasteiger partial charge in [0.2, 0.25) is 11.8 Å². The van der Waals surface area contributed by atoms with Crippen molar-refractivity contribution in [2.75, 3.05) is 49.6 Å². The van der Waals surface area contributed by atoms with E-state index in [0.29, 0.717) is 55.5 Å². The molecular formula is C26H26N8O3. The Kier molecular flexibility index (Phi) is 5.87. The van der Waals surface area contributed by atoms with Crippen molar-refractivity contribution in [2.24, 2.45) is 5.92 Å². The summed E-state index contributed by atoms with van der Waals surface area (Å²) in [5.74, 6) is 1.10. The summed E-state index contributed by atoms with van der Waals surface area (Å²) in [5, 5.41) is 8.68. The summed E-state index contributed by atoms with van der Waals surface area (Å²) >= 11 is 0. The number of carbonyl (C=O) groups is 2. The molecule has 0 radical (unpaired) electrons. The third-order valence-corrected chi connectivity index (χ3v) is 6.95. The molecule has 2 aliphatic rings. The Bertz CT molecular complexity index is 1450. The van der Waals surface area contributed by atoms with Crippen molar-refractivity contribution in [3.8, 4) is 11.4 Å². The molecule has 2 aromatic carbocycles. The summed E-state index contributed by atoms with van der Waals surface area (Å²) < 4.78 is 6.99. The Balaban J connectivity index is 1.15. The standard InChI is InChI=1S/C26H26N8O3/c1-37-21-9-5-8-20(15-21)34-25-23(29-30-34)24(27-17-28-25)31-10-12-32(13-11-31)26(36)18-14-22(35)33(16-18)19-6-3-2-4-7-19/h2-9,15,17-18H,10-14,16H2,1H3. The number of methoxy groups -OCH3 is 1.